The molecule has 0 N–H and O–H groups in total. The Labute approximate surface area is 166 Å². The predicted octanol–water partition coefficient (Wildman–Crippen LogP) is 4.26. The summed E-state index contributed by atoms with van der Waals surface area (Å²) in [6, 6.07) is 5.67. The SMILES string of the molecule is COc1ccc2c3c1O[C@@H]1C(F)CCC4[C@H](C2)N(C(C2CC2)C2CC2)CC[C@]341. The summed E-state index contributed by atoms with van der Waals surface area (Å²) in [6.45, 7) is 1.13. The minimum absolute atomic E-state index is 0.117. The van der Waals surface area contributed by atoms with Crippen LogP contribution >= 0.6 is 0 Å². The molecule has 2 aliphatic heterocycles. The van der Waals surface area contributed by atoms with Crippen LogP contribution in [0.3, 0.4) is 0 Å². The number of ether oxygens (including phenoxy) is 2. The molecule has 2 heterocycles. The van der Waals surface area contributed by atoms with E-state index in [9.17, 15) is 0 Å². The summed E-state index contributed by atoms with van der Waals surface area (Å²) in [5.41, 5.74) is 2.62. The molecule has 0 radical (unpaired) electrons. The van der Waals surface area contributed by atoms with Gasteiger partial charge in [-0.25, -0.2) is 4.39 Å². The second-order valence-electron chi connectivity index (χ2n) is 10.3. The van der Waals surface area contributed by atoms with Gasteiger partial charge in [-0.3, -0.25) is 4.90 Å². The van der Waals surface area contributed by atoms with E-state index in [0.29, 0.717) is 18.4 Å². The lowest BCUT2D eigenvalue weighted by Crippen LogP contribution is -2.68. The Morgan fingerprint density at radius 2 is 1.93 bits per heavy atom. The van der Waals surface area contributed by atoms with Gasteiger partial charge in [-0.05, 0) is 87.3 Å². The Bertz CT molecular complexity index is 822. The number of hydrogen-bond acceptors (Lipinski definition) is 3. The minimum Gasteiger partial charge on any atom is -0.493 e. The van der Waals surface area contributed by atoms with E-state index >= 15 is 4.39 Å². The van der Waals surface area contributed by atoms with Gasteiger partial charge in [-0.1, -0.05) is 6.07 Å². The molecule has 1 spiro atoms. The Balaban J connectivity index is 1.38. The summed E-state index contributed by atoms with van der Waals surface area (Å²) < 4.78 is 27.2. The second kappa shape index (κ2) is 5.44. The number of alkyl halides is 1. The van der Waals surface area contributed by atoms with Crippen molar-refractivity contribution in [3.63, 3.8) is 0 Å². The third-order valence-electron chi connectivity index (χ3n) is 9.09. The van der Waals surface area contributed by atoms with Gasteiger partial charge in [0.1, 0.15) is 12.3 Å². The predicted molar refractivity (Wildman–Crippen MR) is 105 cm³/mol. The molecule has 6 aliphatic rings. The van der Waals surface area contributed by atoms with Crippen LogP contribution in [-0.2, 0) is 11.8 Å². The maximum absolute atomic E-state index is 15.2. The molecule has 2 unspecified atom stereocenters. The van der Waals surface area contributed by atoms with Crippen molar-refractivity contribution in [2.75, 3.05) is 13.7 Å². The van der Waals surface area contributed by atoms with Gasteiger partial charge in [0.25, 0.3) is 0 Å². The number of hydrogen-bond donors (Lipinski definition) is 0. The van der Waals surface area contributed by atoms with Gasteiger partial charge in [0.15, 0.2) is 11.5 Å². The summed E-state index contributed by atoms with van der Waals surface area (Å²) in [7, 11) is 1.70. The van der Waals surface area contributed by atoms with E-state index in [-0.39, 0.29) is 11.5 Å². The lowest BCUT2D eigenvalue weighted by atomic mass is 9.51. The van der Waals surface area contributed by atoms with E-state index < -0.39 is 6.17 Å². The first kappa shape index (κ1) is 16.5. The highest BCUT2D eigenvalue weighted by Crippen LogP contribution is 2.65. The standard InChI is InChI=1S/C24H30FNO2/c1-27-19-9-6-15-12-18-16-7-8-17(25)23-24(16,20(15)22(19)28-23)10-11-26(18)21(13-2-3-13)14-4-5-14/h6,9,13-14,16-18,21,23H,2-5,7-8,10-12H2,1H3/t16?,17?,18-,23+,24+/m0/s1. The largest absolute Gasteiger partial charge is 0.493 e. The van der Waals surface area contributed by atoms with E-state index in [1.165, 1.54) is 36.8 Å². The molecule has 150 valence electrons. The van der Waals surface area contributed by atoms with Crippen molar-refractivity contribution < 1.29 is 13.9 Å². The van der Waals surface area contributed by atoms with E-state index in [0.717, 1.165) is 55.2 Å². The molecule has 4 heteroatoms. The Kier molecular flexibility index (Phi) is 3.21. The van der Waals surface area contributed by atoms with E-state index in [2.05, 4.69) is 17.0 Å². The fraction of sp³-hybridized carbons (Fsp3) is 0.750. The first-order valence-corrected chi connectivity index (χ1v) is 11.5. The molecule has 1 saturated heterocycles. The number of methoxy groups -OCH3 is 1. The molecule has 2 bridgehead atoms. The van der Waals surface area contributed by atoms with E-state index in [1.807, 2.05) is 0 Å². The van der Waals surface area contributed by atoms with Gasteiger partial charge >= 0.3 is 0 Å². The molecule has 0 aromatic heterocycles. The van der Waals surface area contributed by atoms with Crippen molar-refractivity contribution in [1.29, 1.82) is 0 Å². The molecule has 1 aromatic rings. The highest BCUT2D eigenvalue weighted by atomic mass is 19.1. The zero-order chi connectivity index (χ0) is 18.6. The lowest BCUT2D eigenvalue weighted by Gasteiger charge is -2.60. The molecule has 0 amide bonds. The van der Waals surface area contributed by atoms with Crippen LogP contribution in [0.2, 0.25) is 0 Å². The normalized spacial score (nSPS) is 41.0. The van der Waals surface area contributed by atoms with Crippen LogP contribution in [0.5, 0.6) is 11.5 Å². The molecule has 3 saturated carbocycles. The fourth-order valence-corrected chi connectivity index (χ4v) is 7.83. The summed E-state index contributed by atoms with van der Waals surface area (Å²) >= 11 is 0. The quantitative estimate of drug-likeness (QED) is 0.775. The minimum atomic E-state index is -0.853. The van der Waals surface area contributed by atoms with Crippen LogP contribution in [0.25, 0.3) is 0 Å². The summed E-state index contributed by atoms with van der Waals surface area (Å²) in [6.07, 6.45) is 8.39. The Hall–Kier alpha value is -1.29. The number of benzene rings is 1. The van der Waals surface area contributed by atoms with Crippen LogP contribution < -0.4 is 9.47 Å². The van der Waals surface area contributed by atoms with Crippen LogP contribution in [0, 0.1) is 17.8 Å². The van der Waals surface area contributed by atoms with Crippen molar-refractivity contribution >= 4 is 0 Å². The molecule has 28 heavy (non-hydrogen) atoms. The maximum atomic E-state index is 15.2. The molecular formula is C24H30FNO2. The lowest BCUT2D eigenvalue weighted by molar-refractivity contribution is -0.0975. The number of rotatable bonds is 4. The van der Waals surface area contributed by atoms with Gasteiger partial charge < -0.3 is 9.47 Å². The van der Waals surface area contributed by atoms with Crippen LogP contribution in [0.4, 0.5) is 4.39 Å². The highest BCUT2D eigenvalue weighted by Gasteiger charge is 2.67. The monoisotopic (exact) mass is 383 g/mol. The summed E-state index contributed by atoms with van der Waals surface area (Å²) in [5.74, 6) is 4.07. The highest BCUT2D eigenvalue weighted by molar-refractivity contribution is 5.61. The first-order valence-electron chi connectivity index (χ1n) is 11.5. The first-order chi connectivity index (χ1) is 13.7. The Morgan fingerprint density at radius 3 is 2.64 bits per heavy atom. The average molecular weight is 384 g/mol. The third-order valence-corrected chi connectivity index (χ3v) is 9.09. The zero-order valence-corrected chi connectivity index (χ0v) is 16.7. The van der Waals surface area contributed by atoms with Gasteiger partial charge in [-0.2, -0.15) is 0 Å². The number of piperidine rings is 1. The third kappa shape index (κ3) is 1.94. The second-order valence-corrected chi connectivity index (χ2v) is 10.3. The van der Waals surface area contributed by atoms with E-state index in [4.69, 9.17) is 9.47 Å². The van der Waals surface area contributed by atoms with Crippen LogP contribution in [-0.4, -0.2) is 42.9 Å². The van der Waals surface area contributed by atoms with Gasteiger partial charge in [0, 0.05) is 23.1 Å². The van der Waals surface area contributed by atoms with E-state index in [1.54, 1.807) is 7.11 Å². The van der Waals surface area contributed by atoms with Crippen LogP contribution in [0.15, 0.2) is 12.1 Å². The summed E-state index contributed by atoms with van der Waals surface area (Å²) in [5, 5.41) is 0. The molecule has 4 aliphatic carbocycles. The van der Waals surface area contributed by atoms with Crippen molar-refractivity contribution in [1.82, 2.24) is 4.90 Å². The topological polar surface area (TPSA) is 21.7 Å². The number of nitrogens with zero attached hydrogens (tertiary/aromatic N) is 1. The van der Waals surface area contributed by atoms with Crippen molar-refractivity contribution in [3.8, 4) is 11.5 Å². The molecular weight excluding hydrogens is 353 g/mol. The molecule has 4 fully saturated rings. The van der Waals surface area contributed by atoms with Gasteiger partial charge in [0.2, 0.25) is 0 Å². The van der Waals surface area contributed by atoms with Crippen molar-refractivity contribution in [2.45, 2.75) is 81.1 Å². The number of likely N-dealkylation sites (tertiary alicyclic amines) is 1. The van der Waals surface area contributed by atoms with Crippen LogP contribution in [0.1, 0.15) is 56.1 Å². The molecule has 5 atom stereocenters. The fourth-order valence-electron chi connectivity index (χ4n) is 7.83. The van der Waals surface area contributed by atoms with Crippen molar-refractivity contribution in [3.05, 3.63) is 23.3 Å². The average Bonchev–Trinajstić information content (AvgIpc) is 3.62. The molecule has 1 aromatic carbocycles. The molecule has 3 nitrogen and oxygen atoms in total. The Morgan fingerprint density at radius 1 is 1.14 bits per heavy atom. The number of halogens is 1. The molecule has 7 rings (SSSR count). The van der Waals surface area contributed by atoms with Crippen molar-refractivity contribution in [2.24, 2.45) is 17.8 Å². The van der Waals surface area contributed by atoms with Gasteiger partial charge in [-0.15, -0.1) is 0 Å². The van der Waals surface area contributed by atoms with Gasteiger partial charge in [0.05, 0.1) is 7.11 Å². The zero-order valence-electron chi connectivity index (χ0n) is 16.7. The maximum Gasteiger partial charge on any atom is 0.165 e. The summed E-state index contributed by atoms with van der Waals surface area (Å²) in [4.78, 5) is 2.92. The smallest absolute Gasteiger partial charge is 0.165 e.